The van der Waals surface area contributed by atoms with Gasteiger partial charge >= 0.3 is 5.97 Å². The fourth-order valence-corrected chi connectivity index (χ4v) is 2.41. The molecule has 1 aromatic rings. The van der Waals surface area contributed by atoms with Gasteiger partial charge in [-0.1, -0.05) is 23.7 Å². The van der Waals surface area contributed by atoms with E-state index in [2.05, 4.69) is 10.6 Å². The Morgan fingerprint density at radius 3 is 2.56 bits per heavy atom. The van der Waals surface area contributed by atoms with Gasteiger partial charge in [0.2, 0.25) is 0 Å². The molecule has 0 spiro atoms. The summed E-state index contributed by atoms with van der Waals surface area (Å²) >= 11 is 5.85. The molecule has 0 saturated carbocycles. The smallest absolute Gasteiger partial charge is 0.305 e. The minimum absolute atomic E-state index is 0.101. The molecule has 1 atom stereocenters. The van der Waals surface area contributed by atoms with Crippen molar-refractivity contribution in [3.63, 3.8) is 0 Å². The number of carbonyl (C=O) groups is 1. The number of carboxylic acids is 1. The first-order chi connectivity index (χ1) is 8.51. The Hall–Kier alpha value is -1.10. The number of aliphatic carboxylic acids is 1. The lowest BCUT2D eigenvalue weighted by atomic mass is 9.87. The van der Waals surface area contributed by atoms with Gasteiger partial charge in [-0.2, -0.15) is 0 Å². The standard InChI is InChI=1S/C13H17ClN2O2/c1-9(10-2-4-11(14)5-3-10)16-13(6-12(17)18)7-15-8-13/h2-5,9,15-16H,6-8H2,1H3,(H,17,18)/t9-/m0/s1. The second kappa shape index (κ2) is 5.26. The zero-order valence-electron chi connectivity index (χ0n) is 10.2. The quantitative estimate of drug-likeness (QED) is 0.762. The van der Waals surface area contributed by atoms with Crippen LogP contribution in [0, 0.1) is 0 Å². The minimum Gasteiger partial charge on any atom is -0.481 e. The fourth-order valence-electron chi connectivity index (χ4n) is 2.29. The Kier molecular flexibility index (Phi) is 3.90. The van der Waals surface area contributed by atoms with Crippen LogP contribution >= 0.6 is 11.6 Å². The van der Waals surface area contributed by atoms with E-state index in [9.17, 15) is 4.79 Å². The van der Waals surface area contributed by atoms with Crippen LogP contribution in [0.15, 0.2) is 24.3 Å². The summed E-state index contributed by atoms with van der Waals surface area (Å²) in [4.78, 5) is 10.9. The van der Waals surface area contributed by atoms with Gasteiger partial charge in [-0.05, 0) is 24.6 Å². The van der Waals surface area contributed by atoms with Gasteiger partial charge in [0, 0.05) is 24.2 Å². The molecule has 18 heavy (non-hydrogen) atoms. The second-order valence-corrected chi connectivity index (χ2v) is 5.31. The number of nitrogens with one attached hydrogen (secondary N) is 2. The first-order valence-corrected chi connectivity index (χ1v) is 6.34. The highest BCUT2D eigenvalue weighted by atomic mass is 35.5. The average molecular weight is 269 g/mol. The fraction of sp³-hybridized carbons (Fsp3) is 0.462. The van der Waals surface area contributed by atoms with Crippen LogP contribution in [0.25, 0.3) is 0 Å². The summed E-state index contributed by atoms with van der Waals surface area (Å²) in [6.45, 7) is 3.42. The molecular weight excluding hydrogens is 252 g/mol. The summed E-state index contributed by atoms with van der Waals surface area (Å²) in [5.41, 5.74) is 0.779. The van der Waals surface area contributed by atoms with Crippen LogP contribution in [-0.2, 0) is 4.79 Å². The predicted molar refractivity (Wildman–Crippen MR) is 70.9 cm³/mol. The van der Waals surface area contributed by atoms with Crippen LogP contribution in [0.3, 0.4) is 0 Å². The van der Waals surface area contributed by atoms with Gasteiger partial charge in [-0.15, -0.1) is 0 Å². The molecule has 1 heterocycles. The van der Waals surface area contributed by atoms with E-state index in [1.165, 1.54) is 0 Å². The molecule has 0 unspecified atom stereocenters. The van der Waals surface area contributed by atoms with Crippen molar-refractivity contribution in [3.8, 4) is 0 Å². The van der Waals surface area contributed by atoms with E-state index >= 15 is 0 Å². The lowest BCUT2D eigenvalue weighted by Crippen LogP contribution is -2.68. The van der Waals surface area contributed by atoms with Crippen molar-refractivity contribution >= 4 is 17.6 Å². The van der Waals surface area contributed by atoms with Gasteiger partial charge in [0.25, 0.3) is 0 Å². The third-order valence-corrected chi connectivity index (χ3v) is 3.56. The highest BCUT2D eigenvalue weighted by Gasteiger charge is 2.39. The van der Waals surface area contributed by atoms with Crippen LogP contribution in [-0.4, -0.2) is 29.7 Å². The molecule has 1 aliphatic rings. The summed E-state index contributed by atoms with van der Waals surface area (Å²) in [5.74, 6) is -0.771. The molecule has 2 rings (SSSR count). The maximum atomic E-state index is 10.9. The van der Waals surface area contributed by atoms with Crippen molar-refractivity contribution in [1.82, 2.24) is 10.6 Å². The molecule has 1 aliphatic heterocycles. The normalized spacial score (nSPS) is 19.0. The third-order valence-electron chi connectivity index (χ3n) is 3.31. The number of halogens is 1. The lowest BCUT2D eigenvalue weighted by Gasteiger charge is -2.44. The van der Waals surface area contributed by atoms with E-state index in [4.69, 9.17) is 16.7 Å². The monoisotopic (exact) mass is 268 g/mol. The number of hydrogen-bond acceptors (Lipinski definition) is 3. The molecule has 1 aromatic carbocycles. The van der Waals surface area contributed by atoms with E-state index in [0.717, 1.165) is 5.56 Å². The maximum absolute atomic E-state index is 10.9. The van der Waals surface area contributed by atoms with Gasteiger partial charge in [0.1, 0.15) is 0 Å². The van der Waals surface area contributed by atoms with E-state index in [0.29, 0.717) is 18.1 Å². The Morgan fingerprint density at radius 1 is 1.50 bits per heavy atom. The van der Waals surface area contributed by atoms with Crippen molar-refractivity contribution in [2.45, 2.75) is 24.9 Å². The molecule has 98 valence electrons. The molecule has 1 saturated heterocycles. The van der Waals surface area contributed by atoms with Crippen molar-refractivity contribution in [1.29, 1.82) is 0 Å². The van der Waals surface area contributed by atoms with Crippen LogP contribution in [0.1, 0.15) is 24.9 Å². The van der Waals surface area contributed by atoms with E-state index in [1.54, 1.807) is 0 Å². The molecule has 0 aromatic heterocycles. The average Bonchev–Trinajstić information content (AvgIpc) is 2.26. The van der Waals surface area contributed by atoms with E-state index < -0.39 is 5.97 Å². The largest absolute Gasteiger partial charge is 0.481 e. The summed E-state index contributed by atoms with van der Waals surface area (Å²) in [6, 6.07) is 7.71. The highest BCUT2D eigenvalue weighted by molar-refractivity contribution is 6.30. The Labute approximate surface area is 111 Å². The Balaban J connectivity index is 2.03. The van der Waals surface area contributed by atoms with Crippen LogP contribution in [0.2, 0.25) is 5.02 Å². The van der Waals surface area contributed by atoms with Gasteiger partial charge in [0.05, 0.1) is 12.0 Å². The summed E-state index contributed by atoms with van der Waals surface area (Å²) in [7, 11) is 0. The third kappa shape index (κ3) is 3.02. The Morgan fingerprint density at radius 2 is 2.11 bits per heavy atom. The van der Waals surface area contributed by atoms with Crippen molar-refractivity contribution in [2.24, 2.45) is 0 Å². The van der Waals surface area contributed by atoms with Crippen molar-refractivity contribution < 1.29 is 9.90 Å². The molecule has 5 heteroatoms. The van der Waals surface area contributed by atoms with E-state index in [1.807, 2.05) is 31.2 Å². The molecule has 0 radical (unpaired) electrons. The zero-order chi connectivity index (χ0) is 13.2. The molecule has 4 nitrogen and oxygen atoms in total. The van der Waals surface area contributed by atoms with Gasteiger partial charge in [-0.3, -0.25) is 4.79 Å². The minimum atomic E-state index is -0.771. The van der Waals surface area contributed by atoms with Gasteiger partial charge in [-0.25, -0.2) is 0 Å². The molecule has 0 bridgehead atoms. The predicted octanol–water partition coefficient (Wildman–Crippen LogP) is 1.81. The van der Waals surface area contributed by atoms with Crippen LogP contribution < -0.4 is 10.6 Å². The van der Waals surface area contributed by atoms with Gasteiger partial charge < -0.3 is 15.7 Å². The SMILES string of the molecule is C[C@H](NC1(CC(=O)O)CNC1)c1ccc(Cl)cc1. The number of benzene rings is 1. The molecule has 0 amide bonds. The van der Waals surface area contributed by atoms with Crippen LogP contribution in [0.4, 0.5) is 0 Å². The number of hydrogen-bond donors (Lipinski definition) is 3. The first kappa shape index (κ1) is 13.3. The summed E-state index contributed by atoms with van der Waals surface area (Å²) in [6.07, 6.45) is 0.137. The maximum Gasteiger partial charge on any atom is 0.305 e. The lowest BCUT2D eigenvalue weighted by molar-refractivity contribution is -0.139. The van der Waals surface area contributed by atoms with Crippen molar-refractivity contribution in [2.75, 3.05) is 13.1 Å². The van der Waals surface area contributed by atoms with E-state index in [-0.39, 0.29) is 18.0 Å². The zero-order valence-corrected chi connectivity index (χ0v) is 11.0. The van der Waals surface area contributed by atoms with Crippen molar-refractivity contribution in [3.05, 3.63) is 34.9 Å². The summed E-state index contributed by atoms with van der Waals surface area (Å²) < 4.78 is 0. The van der Waals surface area contributed by atoms with Crippen LogP contribution in [0.5, 0.6) is 0 Å². The van der Waals surface area contributed by atoms with Gasteiger partial charge in [0.15, 0.2) is 0 Å². The molecule has 1 fully saturated rings. The first-order valence-electron chi connectivity index (χ1n) is 5.96. The Bertz CT molecular complexity index is 429. The number of rotatable bonds is 5. The molecule has 0 aliphatic carbocycles. The number of carboxylic acid groups (broad SMARTS) is 1. The summed E-state index contributed by atoms with van der Waals surface area (Å²) in [5, 5.41) is 16.2. The molecule has 3 N–H and O–H groups in total. The highest BCUT2D eigenvalue weighted by Crippen LogP contribution is 2.23. The molecular formula is C13H17ClN2O2. The second-order valence-electron chi connectivity index (χ2n) is 4.87. The topological polar surface area (TPSA) is 61.4 Å².